The van der Waals surface area contributed by atoms with Gasteiger partial charge in [0.15, 0.2) is 5.96 Å². The van der Waals surface area contributed by atoms with E-state index in [0.717, 1.165) is 30.6 Å². The normalized spacial score (nSPS) is 21.4. The topological polar surface area (TPSA) is 45.7 Å². The van der Waals surface area contributed by atoms with E-state index in [1.165, 1.54) is 12.0 Å². The fourth-order valence-corrected chi connectivity index (χ4v) is 2.07. The highest BCUT2D eigenvalue weighted by atomic mass is 16.5. The predicted molar refractivity (Wildman–Crippen MR) is 83.4 cm³/mol. The molecule has 110 valence electrons. The minimum Gasteiger partial charge on any atom is -0.493 e. The van der Waals surface area contributed by atoms with Gasteiger partial charge in [0.05, 0.1) is 6.61 Å². The number of hydrogen-bond donors (Lipinski definition) is 2. The minimum atomic E-state index is 0.601. The van der Waals surface area contributed by atoms with Gasteiger partial charge in [0.2, 0.25) is 0 Å². The maximum absolute atomic E-state index is 5.76. The van der Waals surface area contributed by atoms with Crippen molar-refractivity contribution in [2.45, 2.75) is 32.7 Å². The van der Waals surface area contributed by atoms with Crippen molar-refractivity contribution < 1.29 is 4.74 Å². The molecule has 0 aromatic heterocycles. The van der Waals surface area contributed by atoms with Crippen LogP contribution >= 0.6 is 0 Å². The number of benzene rings is 1. The molecule has 20 heavy (non-hydrogen) atoms. The molecule has 0 saturated heterocycles. The van der Waals surface area contributed by atoms with Gasteiger partial charge in [-0.2, -0.15) is 0 Å². The Morgan fingerprint density at radius 3 is 2.80 bits per heavy atom. The van der Waals surface area contributed by atoms with Crippen LogP contribution in [0.15, 0.2) is 29.3 Å². The number of aliphatic imine (C=N–C) groups is 1. The van der Waals surface area contributed by atoms with Gasteiger partial charge < -0.3 is 15.4 Å². The Morgan fingerprint density at radius 1 is 1.40 bits per heavy atom. The monoisotopic (exact) mass is 275 g/mol. The van der Waals surface area contributed by atoms with Crippen LogP contribution in [0.2, 0.25) is 0 Å². The number of nitrogens with one attached hydrogen (secondary N) is 2. The maximum atomic E-state index is 5.76. The third kappa shape index (κ3) is 4.44. The summed E-state index contributed by atoms with van der Waals surface area (Å²) in [6.07, 6.45) is 2.20. The second-order valence-corrected chi connectivity index (χ2v) is 5.43. The molecule has 1 aliphatic rings. The summed E-state index contributed by atoms with van der Waals surface area (Å²) in [5, 5.41) is 6.73. The number of hydrogen-bond acceptors (Lipinski definition) is 2. The molecule has 2 N–H and O–H groups in total. The Kier molecular flexibility index (Phi) is 5.27. The molecule has 0 amide bonds. The van der Waals surface area contributed by atoms with Crippen molar-refractivity contribution in [1.29, 1.82) is 0 Å². The van der Waals surface area contributed by atoms with Crippen LogP contribution in [-0.2, 0) is 0 Å². The summed E-state index contributed by atoms with van der Waals surface area (Å²) < 4.78 is 5.76. The SMILES string of the molecule is CN=C(NCCCOc1ccccc1C)NC1CC1C. The molecule has 0 bridgehead atoms. The van der Waals surface area contributed by atoms with Crippen LogP contribution in [0.25, 0.3) is 0 Å². The zero-order valence-corrected chi connectivity index (χ0v) is 12.6. The Bertz CT molecular complexity index is 459. The zero-order valence-electron chi connectivity index (χ0n) is 12.6. The molecule has 1 fully saturated rings. The van der Waals surface area contributed by atoms with Crippen LogP contribution in [0.4, 0.5) is 0 Å². The second kappa shape index (κ2) is 7.17. The molecule has 2 unspecified atom stereocenters. The first-order chi connectivity index (χ1) is 9.70. The molecule has 0 spiro atoms. The average molecular weight is 275 g/mol. The molecule has 0 radical (unpaired) electrons. The van der Waals surface area contributed by atoms with Crippen molar-refractivity contribution in [3.8, 4) is 5.75 Å². The lowest BCUT2D eigenvalue weighted by molar-refractivity contribution is 0.309. The van der Waals surface area contributed by atoms with Gasteiger partial charge in [-0.1, -0.05) is 25.1 Å². The first kappa shape index (κ1) is 14.7. The van der Waals surface area contributed by atoms with Crippen LogP contribution in [0.1, 0.15) is 25.3 Å². The predicted octanol–water partition coefficient (Wildman–Crippen LogP) is 2.34. The molecule has 0 aliphatic heterocycles. The van der Waals surface area contributed by atoms with E-state index >= 15 is 0 Å². The van der Waals surface area contributed by atoms with Gasteiger partial charge >= 0.3 is 0 Å². The van der Waals surface area contributed by atoms with Gasteiger partial charge in [-0.05, 0) is 37.3 Å². The van der Waals surface area contributed by atoms with Gasteiger partial charge in [0.25, 0.3) is 0 Å². The number of ether oxygens (including phenoxy) is 1. The Morgan fingerprint density at radius 2 is 2.15 bits per heavy atom. The highest BCUT2D eigenvalue weighted by Crippen LogP contribution is 2.28. The number of guanidine groups is 1. The molecule has 1 aliphatic carbocycles. The molecule has 1 aromatic rings. The van der Waals surface area contributed by atoms with Crippen molar-refractivity contribution in [2.24, 2.45) is 10.9 Å². The van der Waals surface area contributed by atoms with Crippen LogP contribution in [-0.4, -0.2) is 32.2 Å². The van der Waals surface area contributed by atoms with Gasteiger partial charge in [-0.25, -0.2) is 0 Å². The number of nitrogens with zero attached hydrogens (tertiary/aromatic N) is 1. The Labute approximate surface area is 121 Å². The van der Waals surface area contributed by atoms with Gasteiger partial charge in [-0.15, -0.1) is 0 Å². The molecular formula is C16H25N3O. The molecule has 4 heteroatoms. The largest absolute Gasteiger partial charge is 0.493 e. The van der Waals surface area contributed by atoms with E-state index < -0.39 is 0 Å². The van der Waals surface area contributed by atoms with Gasteiger partial charge in [0, 0.05) is 19.6 Å². The van der Waals surface area contributed by atoms with Crippen LogP contribution in [0.5, 0.6) is 5.75 Å². The van der Waals surface area contributed by atoms with Crippen LogP contribution < -0.4 is 15.4 Å². The average Bonchev–Trinajstić information content (AvgIpc) is 3.14. The summed E-state index contributed by atoms with van der Waals surface area (Å²) in [5.74, 6) is 2.65. The summed E-state index contributed by atoms with van der Waals surface area (Å²) in [7, 11) is 1.81. The summed E-state index contributed by atoms with van der Waals surface area (Å²) >= 11 is 0. The Hall–Kier alpha value is -1.71. The molecular weight excluding hydrogens is 250 g/mol. The van der Waals surface area contributed by atoms with Crippen molar-refractivity contribution in [3.63, 3.8) is 0 Å². The summed E-state index contributed by atoms with van der Waals surface area (Å²) in [5.41, 5.74) is 1.18. The van der Waals surface area contributed by atoms with E-state index in [2.05, 4.69) is 35.5 Å². The van der Waals surface area contributed by atoms with E-state index in [-0.39, 0.29) is 0 Å². The molecule has 2 rings (SSSR count). The summed E-state index contributed by atoms with van der Waals surface area (Å²) in [6.45, 7) is 5.90. The third-order valence-corrected chi connectivity index (χ3v) is 3.62. The Balaban J connectivity index is 1.60. The molecule has 2 atom stereocenters. The van der Waals surface area contributed by atoms with Crippen LogP contribution in [0, 0.1) is 12.8 Å². The van der Waals surface area contributed by atoms with Crippen molar-refractivity contribution in [2.75, 3.05) is 20.2 Å². The maximum Gasteiger partial charge on any atom is 0.191 e. The fourth-order valence-electron chi connectivity index (χ4n) is 2.07. The van der Waals surface area contributed by atoms with Crippen molar-refractivity contribution in [3.05, 3.63) is 29.8 Å². The van der Waals surface area contributed by atoms with E-state index in [0.29, 0.717) is 12.6 Å². The standard InChI is InChI=1S/C16H25N3O/c1-12-7-4-5-8-15(12)20-10-6-9-18-16(17-3)19-14-11-13(14)2/h4-5,7-8,13-14H,6,9-11H2,1-3H3,(H2,17,18,19). The highest BCUT2D eigenvalue weighted by Gasteiger charge is 2.33. The minimum absolute atomic E-state index is 0.601. The smallest absolute Gasteiger partial charge is 0.191 e. The van der Waals surface area contributed by atoms with Crippen LogP contribution in [0.3, 0.4) is 0 Å². The fraction of sp³-hybridized carbons (Fsp3) is 0.562. The van der Waals surface area contributed by atoms with E-state index in [4.69, 9.17) is 4.74 Å². The quantitative estimate of drug-likeness (QED) is 0.476. The molecule has 4 nitrogen and oxygen atoms in total. The summed E-state index contributed by atoms with van der Waals surface area (Å²) in [4.78, 5) is 4.23. The first-order valence-electron chi connectivity index (χ1n) is 7.36. The number of aryl methyl sites for hydroxylation is 1. The zero-order chi connectivity index (χ0) is 14.4. The second-order valence-electron chi connectivity index (χ2n) is 5.43. The highest BCUT2D eigenvalue weighted by molar-refractivity contribution is 5.80. The van der Waals surface area contributed by atoms with Gasteiger partial charge in [-0.3, -0.25) is 4.99 Å². The summed E-state index contributed by atoms with van der Waals surface area (Å²) in [6, 6.07) is 8.71. The number of rotatable bonds is 6. The van der Waals surface area contributed by atoms with Crippen molar-refractivity contribution in [1.82, 2.24) is 10.6 Å². The lowest BCUT2D eigenvalue weighted by Crippen LogP contribution is -2.39. The number of para-hydroxylation sites is 1. The third-order valence-electron chi connectivity index (χ3n) is 3.62. The molecule has 1 saturated carbocycles. The van der Waals surface area contributed by atoms with E-state index in [1.54, 1.807) is 0 Å². The van der Waals surface area contributed by atoms with E-state index in [1.807, 2.05) is 25.2 Å². The molecule has 1 aromatic carbocycles. The lowest BCUT2D eigenvalue weighted by atomic mass is 10.2. The van der Waals surface area contributed by atoms with E-state index in [9.17, 15) is 0 Å². The van der Waals surface area contributed by atoms with Crippen molar-refractivity contribution >= 4 is 5.96 Å². The first-order valence-corrected chi connectivity index (χ1v) is 7.36. The molecule has 0 heterocycles. The van der Waals surface area contributed by atoms with Gasteiger partial charge in [0.1, 0.15) is 5.75 Å². The lowest BCUT2D eigenvalue weighted by Gasteiger charge is -2.12.